The molecule has 1 heterocycles. The average molecular weight is 449 g/mol. The molecule has 33 heavy (non-hydrogen) atoms. The van der Waals surface area contributed by atoms with E-state index in [2.05, 4.69) is 9.41 Å². The number of benzene rings is 2. The van der Waals surface area contributed by atoms with E-state index in [-0.39, 0.29) is 18.9 Å². The van der Waals surface area contributed by atoms with Crippen LogP contribution >= 0.6 is 0 Å². The first kappa shape index (κ1) is 24.2. The van der Waals surface area contributed by atoms with Crippen molar-refractivity contribution in [3.05, 3.63) is 77.3 Å². The van der Waals surface area contributed by atoms with E-state index in [1.54, 1.807) is 13.2 Å². The standard InChI is InChI=1S/C26H28N2O5/c1-27-23(26(29)33-18-17-32-16-15-31-14-13-30-3)19-22-21-11-7-8-12-24(21)28(2)25(22)20-9-5-4-6-10-20/h4-12,19H,13-18H2,2-3H3/b23-19-. The van der Waals surface area contributed by atoms with Crippen molar-refractivity contribution < 1.29 is 23.7 Å². The van der Waals surface area contributed by atoms with Crippen LogP contribution in [-0.2, 0) is 30.8 Å². The number of rotatable bonds is 12. The lowest BCUT2D eigenvalue weighted by Crippen LogP contribution is -2.14. The summed E-state index contributed by atoms with van der Waals surface area (Å²) in [5, 5.41) is 0.963. The average Bonchev–Trinajstić information content (AvgIpc) is 3.13. The summed E-state index contributed by atoms with van der Waals surface area (Å²) in [6.07, 6.45) is 1.62. The molecule has 3 aromatic rings. The summed E-state index contributed by atoms with van der Waals surface area (Å²) in [4.78, 5) is 16.0. The second kappa shape index (κ2) is 12.6. The first-order chi connectivity index (χ1) is 16.2. The number of aryl methyl sites for hydroxylation is 1. The number of nitrogens with zero attached hydrogens (tertiary/aromatic N) is 2. The number of carbonyl (C=O) groups is 1. The highest BCUT2D eigenvalue weighted by atomic mass is 16.6. The second-order valence-corrected chi connectivity index (χ2v) is 7.20. The number of carbonyl (C=O) groups excluding carboxylic acids is 1. The van der Waals surface area contributed by atoms with Crippen LogP contribution in [-0.4, -0.2) is 57.3 Å². The Morgan fingerprint density at radius 3 is 2.27 bits per heavy atom. The molecule has 0 aliphatic heterocycles. The van der Waals surface area contributed by atoms with E-state index in [1.165, 1.54) is 0 Å². The van der Waals surface area contributed by atoms with Crippen molar-refractivity contribution in [2.24, 2.45) is 7.05 Å². The van der Waals surface area contributed by atoms with Crippen LogP contribution in [0, 0.1) is 6.57 Å². The smallest absolute Gasteiger partial charge is 0.336 e. The molecule has 0 saturated carbocycles. The molecule has 0 atom stereocenters. The van der Waals surface area contributed by atoms with E-state index in [0.717, 1.165) is 27.7 Å². The van der Waals surface area contributed by atoms with Gasteiger partial charge in [0.2, 0.25) is 0 Å². The highest BCUT2D eigenvalue weighted by Crippen LogP contribution is 2.34. The fourth-order valence-electron chi connectivity index (χ4n) is 3.52. The number of hydrogen-bond acceptors (Lipinski definition) is 5. The van der Waals surface area contributed by atoms with E-state index in [4.69, 9.17) is 25.5 Å². The Kier molecular flexibility index (Phi) is 9.21. The predicted molar refractivity (Wildman–Crippen MR) is 127 cm³/mol. The van der Waals surface area contributed by atoms with Crippen LogP contribution in [0.4, 0.5) is 0 Å². The Balaban J connectivity index is 1.72. The Morgan fingerprint density at radius 1 is 0.939 bits per heavy atom. The monoisotopic (exact) mass is 448 g/mol. The predicted octanol–water partition coefficient (Wildman–Crippen LogP) is 4.33. The van der Waals surface area contributed by atoms with Gasteiger partial charge in [0.25, 0.3) is 5.70 Å². The Bertz CT molecular complexity index is 1130. The van der Waals surface area contributed by atoms with E-state index in [0.29, 0.717) is 26.4 Å². The largest absolute Gasteiger partial charge is 0.468 e. The molecule has 0 saturated heterocycles. The summed E-state index contributed by atoms with van der Waals surface area (Å²) in [5.41, 5.74) is 3.68. The topological polar surface area (TPSA) is 63.3 Å². The molecule has 1 aromatic heterocycles. The Hall–Kier alpha value is -3.44. The van der Waals surface area contributed by atoms with Gasteiger partial charge in [-0.15, -0.1) is 0 Å². The summed E-state index contributed by atoms with van der Waals surface area (Å²) in [7, 11) is 3.59. The molecule has 3 rings (SSSR count). The van der Waals surface area contributed by atoms with Crippen molar-refractivity contribution in [3.63, 3.8) is 0 Å². The molecule has 7 heteroatoms. The summed E-state index contributed by atoms with van der Waals surface area (Å²) in [5.74, 6) is -0.670. The zero-order valence-corrected chi connectivity index (χ0v) is 19.0. The van der Waals surface area contributed by atoms with Gasteiger partial charge in [-0.3, -0.25) is 4.79 Å². The van der Waals surface area contributed by atoms with Gasteiger partial charge in [-0.25, -0.2) is 4.85 Å². The van der Waals surface area contributed by atoms with E-state index < -0.39 is 5.97 Å². The van der Waals surface area contributed by atoms with E-state index in [1.807, 2.05) is 61.6 Å². The third kappa shape index (κ3) is 6.30. The fourth-order valence-corrected chi connectivity index (χ4v) is 3.52. The molecule has 0 bridgehead atoms. The van der Waals surface area contributed by atoms with Crippen LogP contribution < -0.4 is 0 Å². The van der Waals surface area contributed by atoms with Gasteiger partial charge >= 0.3 is 5.97 Å². The lowest BCUT2D eigenvalue weighted by Gasteiger charge is -2.08. The molecule has 7 nitrogen and oxygen atoms in total. The molecule has 0 spiro atoms. The Labute approximate surface area is 193 Å². The normalized spacial score (nSPS) is 11.5. The highest BCUT2D eigenvalue weighted by Gasteiger charge is 2.18. The van der Waals surface area contributed by atoms with Crippen LogP contribution in [0.15, 0.2) is 60.3 Å². The Morgan fingerprint density at radius 2 is 1.58 bits per heavy atom. The van der Waals surface area contributed by atoms with Crippen LogP contribution in [0.25, 0.3) is 33.1 Å². The zero-order chi connectivity index (χ0) is 23.5. The minimum atomic E-state index is -0.670. The number of aromatic nitrogens is 1. The summed E-state index contributed by atoms with van der Waals surface area (Å²) in [6.45, 7) is 9.71. The number of methoxy groups -OCH3 is 1. The number of fused-ring (bicyclic) bond motifs is 1. The minimum absolute atomic E-state index is 0.0604. The molecule has 0 N–H and O–H groups in total. The van der Waals surface area contributed by atoms with Gasteiger partial charge in [0.1, 0.15) is 6.61 Å². The molecule has 0 aliphatic rings. The second-order valence-electron chi connectivity index (χ2n) is 7.20. The van der Waals surface area contributed by atoms with Gasteiger partial charge in [0, 0.05) is 25.1 Å². The van der Waals surface area contributed by atoms with Crippen molar-refractivity contribution in [1.29, 1.82) is 0 Å². The van der Waals surface area contributed by atoms with Gasteiger partial charge < -0.3 is 23.5 Å². The van der Waals surface area contributed by atoms with Crippen molar-refractivity contribution in [1.82, 2.24) is 4.57 Å². The van der Waals surface area contributed by atoms with Gasteiger partial charge in [-0.05, 0) is 23.3 Å². The van der Waals surface area contributed by atoms with Crippen LogP contribution in [0.2, 0.25) is 0 Å². The first-order valence-corrected chi connectivity index (χ1v) is 10.7. The van der Waals surface area contributed by atoms with Crippen LogP contribution in [0.1, 0.15) is 5.56 Å². The molecular weight excluding hydrogens is 420 g/mol. The third-order valence-electron chi connectivity index (χ3n) is 5.07. The third-order valence-corrected chi connectivity index (χ3v) is 5.07. The molecule has 0 aliphatic carbocycles. The first-order valence-electron chi connectivity index (χ1n) is 10.7. The lowest BCUT2D eigenvalue weighted by molar-refractivity contribution is -0.140. The summed E-state index contributed by atoms with van der Waals surface area (Å²) < 4.78 is 22.9. The maximum atomic E-state index is 12.6. The van der Waals surface area contributed by atoms with Crippen molar-refractivity contribution in [3.8, 4) is 11.3 Å². The number of hydrogen-bond donors (Lipinski definition) is 0. The summed E-state index contributed by atoms with van der Waals surface area (Å²) >= 11 is 0. The molecule has 0 unspecified atom stereocenters. The SMILES string of the molecule is [C-]#[N+]/C(=C\c1c(-c2ccccc2)n(C)c2ccccc12)C(=O)OCCOCCOCCOC. The van der Waals surface area contributed by atoms with Crippen molar-refractivity contribution >= 4 is 22.9 Å². The van der Waals surface area contributed by atoms with Crippen LogP contribution in [0.3, 0.4) is 0 Å². The van der Waals surface area contributed by atoms with Crippen molar-refractivity contribution in [2.45, 2.75) is 0 Å². The van der Waals surface area contributed by atoms with E-state index in [9.17, 15) is 4.79 Å². The van der Waals surface area contributed by atoms with Gasteiger partial charge in [-0.1, -0.05) is 48.5 Å². The summed E-state index contributed by atoms with van der Waals surface area (Å²) in [6, 6.07) is 17.8. The molecule has 0 radical (unpaired) electrons. The number of ether oxygens (including phenoxy) is 4. The number of esters is 1. The van der Waals surface area contributed by atoms with Crippen LogP contribution in [0.5, 0.6) is 0 Å². The van der Waals surface area contributed by atoms with Crippen molar-refractivity contribution in [2.75, 3.05) is 46.8 Å². The van der Waals surface area contributed by atoms with Gasteiger partial charge in [0.05, 0.1) is 45.3 Å². The fraction of sp³-hybridized carbons (Fsp3) is 0.308. The number of para-hydroxylation sites is 1. The lowest BCUT2D eigenvalue weighted by atomic mass is 10.0. The highest BCUT2D eigenvalue weighted by molar-refractivity contribution is 6.03. The van der Waals surface area contributed by atoms with Gasteiger partial charge in [0.15, 0.2) is 0 Å². The minimum Gasteiger partial charge on any atom is -0.468 e. The zero-order valence-electron chi connectivity index (χ0n) is 19.0. The van der Waals surface area contributed by atoms with E-state index >= 15 is 0 Å². The molecular formula is C26H28N2O5. The molecule has 0 amide bonds. The maximum absolute atomic E-state index is 12.6. The van der Waals surface area contributed by atoms with Gasteiger partial charge in [-0.2, -0.15) is 0 Å². The maximum Gasteiger partial charge on any atom is 0.336 e. The molecule has 0 fully saturated rings. The molecule has 172 valence electrons. The quantitative estimate of drug-likeness (QED) is 0.179. The molecule has 2 aromatic carbocycles.